The van der Waals surface area contributed by atoms with E-state index in [4.69, 9.17) is 0 Å². The van der Waals surface area contributed by atoms with Crippen LogP contribution in [0, 0.1) is 0 Å². The third-order valence-electron chi connectivity index (χ3n) is 6.34. The molecule has 2 aliphatic rings. The van der Waals surface area contributed by atoms with E-state index in [0.717, 1.165) is 12.8 Å². The Labute approximate surface area is 149 Å². The Morgan fingerprint density at radius 3 is 1.48 bits per heavy atom. The molecule has 0 spiro atoms. The predicted octanol–water partition coefficient (Wildman–Crippen LogP) is 5.22. The lowest BCUT2D eigenvalue weighted by Gasteiger charge is -2.38. The van der Waals surface area contributed by atoms with Gasteiger partial charge in [0, 0.05) is 17.8 Å². The van der Waals surface area contributed by atoms with Crippen molar-refractivity contribution in [2.24, 2.45) is 0 Å². The summed E-state index contributed by atoms with van der Waals surface area (Å²) in [6, 6.07) is 29.7. The predicted molar refractivity (Wildman–Crippen MR) is 101 cm³/mol. The molecule has 1 nitrogen and oxygen atoms in total. The van der Waals surface area contributed by atoms with Gasteiger partial charge in [-0.05, 0) is 35.1 Å². The van der Waals surface area contributed by atoms with Crippen LogP contribution >= 0.6 is 0 Å². The normalized spacial score (nSPS) is 26.8. The van der Waals surface area contributed by atoms with Gasteiger partial charge < -0.3 is 5.11 Å². The maximum absolute atomic E-state index is 12.2. The van der Waals surface area contributed by atoms with Gasteiger partial charge in [0.05, 0.1) is 5.60 Å². The van der Waals surface area contributed by atoms with Crippen molar-refractivity contribution >= 4 is 0 Å². The molecule has 124 valence electrons. The molecule has 2 bridgehead atoms. The molecule has 2 aliphatic carbocycles. The van der Waals surface area contributed by atoms with Gasteiger partial charge in [-0.1, -0.05) is 84.9 Å². The largest absolute Gasteiger partial charge is 0.388 e. The number of rotatable bonds is 3. The molecule has 3 aromatic carbocycles. The number of fused-ring (bicyclic) bond motifs is 5. The van der Waals surface area contributed by atoms with E-state index in [0.29, 0.717) is 0 Å². The molecule has 0 radical (unpaired) electrons. The van der Waals surface area contributed by atoms with E-state index in [1.165, 1.54) is 22.3 Å². The molecule has 1 heteroatoms. The smallest absolute Gasteiger partial charge is 0.0892 e. The Kier molecular flexibility index (Phi) is 3.33. The van der Waals surface area contributed by atoms with Gasteiger partial charge in [0.25, 0.3) is 0 Å². The lowest BCUT2D eigenvalue weighted by molar-refractivity contribution is 0.00889. The molecule has 0 aromatic heterocycles. The molecule has 0 aliphatic heterocycles. The van der Waals surface area contributed by atoms with E-state index >= 15 is 0 Å². The van der Waals surface area contributed by atoms with Crippen molar-refractivity contribution in [1.29, 1.82) is 0 Å². The van der Waals surface area contributed by atoms with Crippen molar-refractivity contribution in [2.75, 3.05) is 0 Å². The van der Waals surface area contributed by atoms with Gasteiger partial charge in [0.1, 0.15) is 0 Å². The molecule has 0 heterocycles. The van der Waals surface area contributed by atoms with Crippen LogP contribution in [0.5, 0.6) is 0 Å². The number of benzene rings is 3. The van der Waals surface area contributed by atoms with Gasteiger partial charge in [0.15, 0.2) is 0 Å². The third kappa shape index (κ3) is 2.06. The fraction of sp³-hybridized carbons (Fsp3) is 0.250. The van der Waals surface area contributed by atoms with Crippen molar-refractivity contribution in [3.05, 3.63) is 107 Å². The van der Waals surface area contributed by atoms with Crippen molar-refractivity contribution in [1.82, 2.24) is 0 Å². The second-order valence-corrected chi connectivity index (χ2v) is 7.45. The van der Waals surface area contributed by atoms with Crippen LogP contribution < -0.4 is 0 Å². The molecule has 25 heavy (non-hydrogen) atoms. The van der Waals surface area contributed by atoms with E-state index in [1.807, 2.05) is 12.1 Å². The molecule has 1 fully saturated rings. The van der Waals surface area contributed by atoms with Gasteiger partial charge in [0.2, 0.25) is 0 Å². The standard InChI is InChI=1S/C24H22O/c25-24(21-15-16-22(24)20-14-8-7-13-19(20)21)23(17-9-3-1-4-10-17)18-11-5-2-6-12-18/h1-14,21-23,25H,15-16H2. The highest BCUT2D eigenvalue weighted by molar-refractivity contribution is 5.52. The molecule has 1 saturated carbocycles. The lowest BCUT2D eigenvalue weighted by atomic mass is 9.70. The van der Waals surface area contributed by atoms with Gasteiger partial charge in [-0.2, -0.15) is 0 Å². The summed E-state index contributed by atoms with van der Waals surface area (Å²) in [6.07, 6.45) is 2.16. The molecule has 2 atom stereocenters. The average molecular weight is 326 g/mol. The van der Waals surface area contributed by atoms with E-state index in [9.17, 15) is 5.11 Å². The van der Waals surface area contributed by atoms with E-state index in [-0.39, 0.29) is 17.8 Å². The Morgan fingerprint density at radius 2 is 1.04 bits per heavy atom. The van der Waals surface area contributed by atoms with Crippen LogP contribution in [0.15, 0.2) is 84.9 Å². The first kappa shape index (κ1) is 14.9. The quantitative estimate of drug-likeness (QED) is 0.699. The first-order valence-electron chi connectivity index (χ1n) is 9.21. The van der Waals surface area contributed by atoms with Gasteiger partial charge >= 0.3 is 0 Å². The van der Waals surface area contributed by atoms with Gasteiger partial charge in [-0.3, -0.25) is 0 Å². The van der Waals surface area contributed by atoms with Crippen molar-refractivity contribution < 1.29 is 5.11 Å². The zero-order chi connectivity index (χ0) is 16.9. The summed E-state index contributed by atoms with van der Waals surface area (Å²) in [5.41, 5.74) is 4.39. The van der Waals surface area contributed by atoms with Crippen LogP contribution in [0.4, 0.5) is 0 Å². The highest BCUT2D eigenvalue weighted by Crippen LogP contribution is 2.64. The fourth-order valence-corrected chi connectivity index (χ4v) is 5.41. The molecular weight excluding hydrogens is 304 g/mol. The molecule has 0 amide bonds. The zero-order valence-corrected chi connectivity index (χ0v) is 14.2. The van der Waals surface area contributed by atoms with Crippen LogP contribution in [0.3, 0.4) is 0 Å². The van der Waals surface area contributed by atoms with E-state index < -0.39 is 5.60 Å². The van der Waals surface area contributed by atoms with Crippen LogP contribution in [-0.2, 0) is 0 Å². The average Bonchev–Trinajstić information content (AvgIpc) is 3.13. The Morgan fingerprint density at radius 1 is 0.640 bits per heavy atom. The summed E-state index contributed by atoms with van der Waals surface area (Å²) in [4.78, 5) is 0. The van der Waals surface area contributed by atoms with Crippen LogP contribution in [0.2, 0.25) is 0 Å². The monoisotopic (exact) mass is 326 g/mol. The Hall–Kier alpha value is -2.38. The van der Waals surface area contributed by atoms with Crippen LogP contribution in [-0.4, -0.2) is 10.7 Å². The van der Waals surface area contributed by atoms with E-state index in [2.05, 4.69) is 72.8 Å². The number of hydrogen-bond acceptors (Lipinski definition) is 1. The Bertz CT molecular complexity index is 814. The van der Waals surface area contributed by atoms with Crippen LogP contribution in [0.1, 0.15) is 52.8 Å². The minimum Gasteiger partial charge on any atom is -0.388 e. The lowest BCUT2D eigenvalue weighted by Crippen LogP contribution is -2.40. The molecule has 0 saturated heterocycles. The maximum Gasteiger partial charge on any atom is 0.0892 e. The summed E-state index contributed by atoms with van der Waals surface area (Å²) in [6.45, 7) is 0. The summed E-state index contributed by atoms with van der Waals surface area (Å²) in [5.74, 6) is 0.443. The zero-order valence-electron chi connectivity index (χ0n) is 14.2. The van der Waals surface area contributed by atoms with Crippen molar-refractivity contribution in [2.45, 2.75) is 36.2 Å². The molecule has 2 unspecified atom stereocenters. The molecule has 3 aromatic rings. The molecular formula is C24H22O. The third-order valence-corrected chi connectivity index (χ3v) is 6.34. The second-order valence-electron chi connectivity index (χ2n) is 7.45. The summed E-state index contributed by atoms with van der Waals surface area (Å²) in [5, 5.41) is 12.2. The SMILES string of the molecule is OC1(C(c2ccccc2)c2ccccc2)C2CCC1c1ccccc12. The summed E-state index contributed by atoms with van der Waals surface area (Å²) >= 11 is 0. The highest BCUT2D eigenvalue weighted by Gasteiger charge is 2.60. The topological polar surface area (TPSA) is 20.2 Å². The first-order valence-corrected chi connectivity index (χ1v) is 9.21. The highest BCUT2D eigenvalue weighted by atomic mass is 16.3. The van der Waals surface area contributed by atoms with Crippen molar-refractivity contribution in [3.8, 4) is 0 Å². The number of aliphatic hydroxyl groups is 1. The molecule has 1 N–H and O–H groups in total. The minimum absolute atomic E-state index is 0.000185. The number of hydrogen-bond donors (Lipinski definition) is 1. The second kappa shape index (κ2) is 5.57. The summed E-state index contributed by atoms with van der Waals surface area (Å²) in [7, 11) is 0. The minimum atomic E-state index is -0.744. The maximum atomic E-state index is 12.2. The molecule has 5 rings (SSSR count). The first-order chi connectivity index (χ1) is 12.3. The van der Waals surface area contributed by atoms with Crippen molar-refractivity contribution in [3.63, 3.8) is 0 Å². The van der Waals surface area contributed by atoms with Gasteiger partial charge in [-0.15, -0.1) is 0 Å². The van der Waals surface area contributed by atoms with Crippen LogP contribution in [0.25, 0.3) is 0 Å². The Balaban J connectivity index is 1.71. The summed E-state index contributed by atoms with van der Waals surface area (Å²) < 4.78 is 0. The fourth-order valence-electron chi connectivity index (χ4n) is 5.41. The van der Waals surface area contributed by atoms with E-state index in [1.54, 1.807) is 0 Å². The van der Waals surface area contributed by atoms with Gasteiger partial charge in [-0.25, -0.2) is 0 Å².